The number of nitro groups is 1. The zero-order chi connectivity index (χ0) is 15.6. The van der Waals surface area contributed by atoms with Gasteiger partial charge in [-0.3, -0.25) is 14.9 Å². The highest BCUT2D eigenvalue weighted by Crippen LogP contribution is 2.26. The van der Waals surface area contributed by atoms with Crippen LogP contribution in [0, 0.1) is 30.9 Å². The second-order valence-corrected chi connectivity index (χ2v) is 5.11. The fourth-order valence-electron chi connectivity index (χ4n) is 2.20. The monoisotopic (exact) mass is 284 g/mol. The van der Waals surface area contributed by atoms with Gasteiger partial charge < -0.3 is 5.32 Å². The Morgan fingerprint density at radius 1 is 1.00 bits per heavy atom. The Labute approximate surface area is 122 Å². The molecule has 0 aliphatic heterocycles. The van der Waals surface area contributed by atoms with E-state index < -0.39 is 4.92 Å². The van der Waals surface area contributed by atoms with E-state index in [0.717, 1.165) is 16.7 Å². The summed E-state index contributed by atoms with van der Waals surface area (Å²) in [6.45, 7) is 5.57. The fourth-order valence-corrected chi connectivity index (χ4v) is 2.20. The summed E-state index contributed by atoms with van der Waals surface area (Å²) in [5, 5.41) is 13.7. The number of rotatable bonds is 3. The first-order chi connectivity index (χ1) is 9.86. The zero-order valence-corrected chi connectivity index (χ0v) is 12.1. The topological polar surface area (TPSA) is 72.2 Å². The number of nitro benzene ring substituents is 1. The summed E-state index contributed by atoms with van der Waals surface area (Å²) in [5.74, 6) is -0.353. The van der Waals surface area contributed by atoms with Crippen molar-refractivity contribution in [3.63, 3.8) is 0 Å². The van der Waals surface area contributed by atoms with Crippen molar-refractivity contribution >= 4 is 17.3 Å². The average Bonchev–Trinajstić information content (AvgIpc) is 2.39. The minimum atomic E-state index is -0.496. The number of nitrogens with zero attached hydrogens (tertiary/aromatic N) is 1. The zero-order valence-electron chi connectivity index (χ0n) is 12.1. The molecule has 0 aliphatic rings. The van der Waals surface area contributed by atoms with Crippen molar-refractivity contribution < 1.29 is 9.72 Å². The van der Waals surface area contributed by atoms with Crippen LogP contribution in [0.1, 0.15) is 27.0 Å². The van der Waals surface area contributed by atoms with Crippen molar-refractivity contribution in [1.82, 2.24) is 0 Å². The molecule has 0 aromatic heterocycles. The highest BCUT2D eigenvalue weighted by Gasteiger charge is 2.17. The number of hydrogen-bond acceptors (Lipinski definition) is 3. The van der Waals surface area contributed by atoms with Crippen LogP contribution in [0.5, 0.6) is 0 Å². The van der Waals surface area contributed by atoms with Crippen LogP contribution in [0.15, 0.2) is 36.4 Å². The summed E-state index contributed by atoms with van der Waals surface area (Å²) in [5.41, 5.74) is 3.30. The molecule has 0 heterocycles. The lowest BCUT2D eigenvalue weighted by molar-refractivity contribution is -0.384. The Hall–Kier alpha value is -2.69. The van der Waals surface area contributed by atoms with Gasteiger partial charge in [0.1, 0.15) is 5.69 Å². The number of anilines is 1. The van der Waals surface area contributed by atoms with E-state index in [0.29, 0.717) is 5.56 Å². The first kappa shape index (κ1) is 14.7. The number of aryl methyl sites for hydroxylation is 3. The van der Waals surface area contributed by atoms with Crippen LogP contribution in [-0.2, 0) is 0 Å². The van der Waals surface area contributed by atoms with E-state index in [-0.39, 0.29) is 17.3 Å². The lowest BCUT2D eigenvalue weighted by Gasteiger charge is -2.08. The molecule has 0 fully saturated rings. The standard InChI is InChI=1S/C16H16N2O3/c1-10-4-5-14(15(9-10)18(20)21)17-16(19)13-7-11(2)6-12(3)8-13/h4-9H,1-3H3,(H,17,19). The maximum atomic E-state index is 12.2. The van der Waals surface area contributed by atoms with Crippen molar-refractivity contribution in [2.75, 3.05) is 5.32 Å². The molecule has 5 heteroatoms. The first-order valence-electron chi connectivity index (χ1n) is 6.51. The molecular weight excluding hydrogens is 268 g/mol. The molecule has 0 radical (unpaired) electrons. The number of hydrogen-bond donors (Lipinski definition) is 1. The van der Waals surface area contributed by atoms with Crippen LogP contribution in [-0.4, -0.2) is 10.8 Å². The fraction of sp³-hybridized carbons (Fsp3) is 0.188. The van der Waals surface area contributed by atoms with E-state index >= 15 is 0 Å². The molecule has 0 bridgehead atoms. The maximum absolute atomic E-state index is 12.2. The van der Waals surface area contributed by atoms with Crippen molar-refractivity contribution in [3.8, 4) is 0 Å². The number of carbonyl (C=O) groups excluding carboxylic acids is 1. The normalized spacial score (nSPS) is 10.2. The summed E-state index contributed by atoms with van der Waals surface area (Å²) in [6, 6.07) is 10.2. The van der Waals surface area contributed by atoms with Gasteiger partial charge in [-0.15, -0.1) is 0 Å². The van der Waals surface area contributed by atoms with Crippen LogP contribution in [0.4, 0.5) is 11.4 Å². The van der Waals surface area contributed by atoms with E-state index in [2.05, 4.69) is 5.32 Å². The lowest BCUT2D eigenvalue weighted by Crippen LogP contribution is -2.13. The third-order valence-electron chi connectivity index (χ3n) is 3.08. The van der Waals surface area contributed by atoms with Crippen LogP contribution in [0.2, 0.25) is 0 Å². The first-order valence-corrected chi connectivity index (χ1v) is 6.51. The van der Waals surface area contributed by atoms with E-state index in [1.165, 1.54) is 6.07 Å². The second kappa shape index (κ2) is 5.75. The predicted octanol–water partition coefficient (Wildman–Crippen LogP) is 3.77. The van der Waals surface area contributed by atoms with Gasteiger partial charge in [0, 0.05) is 11.6 Å². The van der Waals surface area contributed by atoms with E-state index in [9.17, 15) is 14.9 Å². The molecule has 1 N–H and O–H groups in total. The molecule has 0 atom stereocenters. The highest BCUT2D eigenvalue weighted by molar-refractivity contribution is 6.05. The van der Waals surface area contributed by atoms with Gasteiger partial charge in [0.05, 0.1) is 4.92 Å². The van der Waals surface area contributed by atoms with Crippen LogP contribution >= 0.6 is 0 Å². The number of nitrogens with one attached hydrogen (secondary N) is 1. The van der Waals surface area contributed by atoms with Crippen molar-refractivity contribution in [1.29, 1.82) is 0 Å². The molecule has 2 aromatic carbocycles. The molecule has 2 rings (SSSR count). The molecule has 0 saturated heterocycles. The Bertz CT molecular complexity index is 703. The van der Waals surface area contributed by atoms with E-state index in [4.69, 9.17) is 0 Å². The molecule has 0 unspecified atom stereocenters. The molecule has 21 heavy (non-hydrogen) atoms. The van der Waals surface area contributed by atoms with Gasteiger partial charge in [-0.05, 0) is 44.5 Å². The van der Waals surface area contributed by atoms with Gasteiger partial charge in [-0.25, -0.2) is 0 Å². The molecule has 0 spiro atoms. The quantitative estimate of drug-likeness (QED) is 0.688. The SMILES string of the molecule is Cc1cc(C)cc(C(=O)Nc2ccc(C)cc2[N+](=O)[O-])c1. The lowest BCUT2D eigenvalue weighted by atomic mass is 10.1. The molecule has 0 aliphatic carbocycles. The molecule has 0 saturated carbocycles. The smallest absolute Gasteiger partial charge is 0.293 e. The summed E-state index contributed by atoms with van der Waals surface area (Å²) in [4.78, 5) is 22.8. The number of carbonyl (C=O) groups is 1. The summed E-state index contributed by atoms with van der Waals surface area (Å²) in [7, 11) is 0. The van der Waals surface area contributed by atoms with Crippen molar-refractivity contribution in [3.05, 3.63) is 68.8 Å². The van der Waals surface area contributed by atoms with Gasteiger partial charge in [-0.2, -0.15) is 0 Å². The van der Waals surface area contributed by atoms with Gasteiger partial charge in [-0.1, -0.05) is 23.3 Å². The third-order valence-corrected chi connectivity index (χ3v) is 3.08. The summed E-state index contributed by atoms with van der Waals surface area (Å²) < 4.78 is 0. The molecule has 1 amide bonds. The Morgan fingerprint density at radius 2 is 1.62 bits per heavy atom. The minimum Gasteiger partial charge on any atom is -0.316 e. The minimum absolute atomic E-state index is 0.104. The van der Waals surface area contributed by atoms with Crippen LogP contribution < -0.4 is 5.32 Å². The Morgan fingerprint density at radius 3 is 2.19 bits per heavy atom. The van der Waals surface area contributed by atoms with Gasteiger partial charge in [0.25, 0.3) is 11.6 Å². The van der Waals surface area contributed by atoms with Crippen molar-refractivity contribution in [2.24, 2.45) is 0 Å². The summed E-state index contributed by atoms with van der Waals surface area (Å²) >= 11 is 0. The van der Waals surface area contributed by atoms with Crippen molar-refractivity contribution in [2.45, 2.75) is 20.8 Å². The van der Waals surface area contributed by atoms with Gasteiger partial charge in [0.2, 0.25) is 0 Å². The third kappa shape index (κ3) is 3.45. The van der Waals surface area contributed by atoms with E-state index in [1.54, 1.807) is 31.2 Å². The second-order valence-electron chi connectivity index (χ2n) is 5.11. The largest absolute Gasteiger partial charge is 0.316 e. The Kier molecular flexibility index (Phi) is 4.03. The molecular formula is C16H16N2O3. The molecule has 108 valence electrons. The predicted molar refractivity (Wildman–Crippen MR) is 81.7 cm³/mol. The maximum Gasteiger partial charge on any atom is 0.293 e. The van der Waals surface area contributed by atoms with E-state index in [1.807, 2.05) is 19.9 Å². The molecule has 2 aromatic rings. The van der Waals surface area contributed by atoms with Crippen LogP contribution in [0.25, 0.3) is 0 Å². The average molecular weight is 284 g/mol. The van der Waals surface area contributed by atoms with Crippen LogP contribution in [0.3, 0.4) is 0 Å². The highest BCUT2D eigenvalue weighted by atomic mass is 16.6. The summed E-state index contributed by atoms with van der Waals surface area (Å²) in [6.07, 6.45) is 0. The number of benzene rings is 2. The van der Waals surface area contributed by atoms with Gasteiger partial charge >= 0.3 is 0 Å². The molecule has 5 nitrogen and oxygen atoms in total. The number of amides is 1. The Balaban J connectivity index is 2.33. The van der Waals surface area contributed by atoms with Gasteiger partial charge in [0.15, 0.2) is 0 Å².